The first-order valence-corrected chi connectivity index (χ1v) is 22.2. The molecule has 0 unspecified atom stereocenters. The van der Waals surface area contributed by atoms with Crippen molar-refractivity contribution in [2.45, 2.75) is 118 Å². The molecule has 8 rings (SSSR count). The SMILES string of the molecule is CC(C)c1cc(-c2cc(-c3cccc(-c4cncc5c(C(C)(C)C)ccnc45)c3)c3nc(-c4cc(C(C)(C)C)ccc4O)n(-c4ccc(C(C)(C)C)cc4)c3c2)cc(C(C)C)c1. The van der Waals surface area contributed by atoms with E-state index >= 15 is 0 Å². The van der Waals surface area contributed by atoms with E-state index in [1.165, 1.54) is 27.8 Å². The smallest absolute Gasteiger partial charge is 0.149 e. The molecule has 8 aromatic rings. The van der Waals surface area contributed by atoms with Crippen molar-refractivity contribution in [2.75, 3.05) is 0 Å². The Balaban J connectivity index is 1.47. The van der Waals surface area contributed by atoms with Crippen LogP contribution in [0.25, 0.3) is 72.4 Å². The zero-order chi connectivity index (χ0) is 44.5. The van der Waals surface area contributed by atoms with Crippen molar-refractivity contribution in [1.82, 2.24) is 19.5 Å². The van der Waals surface area contributed by atoms with Crippen molar-refractivity contribution in [2.24, 2.45) is 0 Å². The van der Waals surface area contributed by atoms with E-state index in [1.54, 1.807) is 0 Å². The van der Waals surface area contributed by atoms with E-state index in [9.17, 15) is 5.11 Å². The van der Waals surface area contributed by atoms with Crippen LogP contribution in [-0.4, -0.2) is 24.6 Å². The highest BCUT2D eigenvalue weighted by Gasteiger charge is 2.25. The van der Waals surface area contributed by atoms with Crippen LogP contribution in [-0.2, 0) is 16.2 Å². The fourth-order valence-corrected chi connectivity index (χ4v) is 8.59. The molecule has 0 spiro atoms. The number of hydrogen-bond acceptors (Lipinski definition) is 4. The van der Waals surface area contributed by atoms with E-state index in [0.29, 0.717) is 23.2 Å². The van der Waals surface area contributed by atoms with Crippen molar-refractivity contribution in [1.29, 1.82) is 0 Å². The Labute approximate surface area is 369 Å². The second kappa shape index (κ2) is 15.7. The van der Waals surface area contributed by atoms with Crippen LogP contribution in [0.15, 0.2) is 122 Å². The zero-order valence-electron chi connectivity index (χ0n) is 38.9. The van der Waals surface area contributed by atoms with Gasteiger partial charge in [0.2, 0.25) is 0 Å². The maximum absolute atomic E-state index is 11.7. The summed E-state index contributed by atoms with van der Waals surface area (Å²) in [6.45, 7) is 29.1. The number of aromatic hydroxyl groups is 1. The molecule has 3 heterocycles. The number of pyridine rings is 2. The highest BCUT2D eigenvalue weighted by molar-refractivity contribution is 6.01. The lowest BCUT2D eigenvalue weighted by Gasteiger charge is -2.21. The molecule has 0 saturated heterocycles. The van der Waals surface area contributed by atoms with E-state index in [2.05, 4.69) is 186 Å². The number of phenols is 1. The Morgan fingerprint density at radius 2 is 1.15 bits per heavy atom. The quantitative estimate of drug-likeness (QED) is 0.174. The molecular formula is C57H62N4O. The minimum absolute atomic E-state index is 0.0119. The molecule has 0 fully saturated rings. The molecular weight excluding hydrogens is 757 g/mol. The summed E-state index contributed by atoms with van der Waals surface area (Å²) in [5.74, 6) is 1.62. The topological polar surface area (TPSA) is 63.8 Å². The Kier molecular flexibility index (Phi) is 10.8. The summed E-state index contributed by atoms with van der Waals surface area (Å²) >= 11 is 0. The normalized spacial score (nSPS) is 12.6. The van der Waals surface area contributed by atoms with Crippen molar-refractivity contribution in [3.63, 3.8) is 0 Å². The van der Waals surface area contributed by atoms with Crippen LogP contribution in [0.5, 0.6) is 5.75 Å². The first kappa shape index (κ1) is 42.6. The largest absolute Gasteiger partial charge is 0.507 e. The highest BCUT2D eigenvalue weighted by atomic mass is 16.3. The monoisotopic (exact) mass is 818 g/mol. The van der Waals surface area contributed by atoms with Gasteiger partial charge in [-0.2, -0.15) is 0 Å². The molecule has 0 radical (unpaired) electrons. The van der Waals surface area contributed by atoms with Gasteiger partial charge >= 0.3 is 0 Å². The molecule has 0 aliphatic carbocycles. The van der Waals surface area contributed by atoms with Gasteiger partial charge in [0.05, 0.1) is 22.1 Å². The summed E-state index contributed by atoms with van der Waals surface area (Å²) < 4.78 is 2.25. The number of aromatic nitrogens is 4. The Bertz CT molecular complexity index is 2940. The molecule has 0 saturated carbocycles. The van der Waals surface area contributed by atoms with Crippen LogP contribution in [0.2, 0.25) is 0 Å². The van der Waals surface area contributed by atoms with Crippen LogP contribution in [0.3, 0.4) is 0 Å². The number of benzene rings is 5. The lowest BCUT2D eigenvalue weighted by atomic mass is 9.84. The highest BCUT2D eigenvalue weighted by Crippen LogP contribution is 2.43. The zero-order valence-corrected chi connectivity index (χ0v) is 38.9. The fourth-order valence-electron chi connectivity index (χ4n) is 8.59. The van der Waals surface area contributed by atoms with Crippen LogP contribution < -0.4 is 0 Å². The van der Waals surface area contributed by atoms with Crippen LogP contribution in [0.4, 0.5) is 0 Å². The summed E-state index contributed by atoms with van der Waals surface area (Å²) in [4.78, 5) is 15.3. The molecule has 0 aliphatic rings. The number of fused-ring (bicyclic) bond motifs is 2. The third-order valence-corrected chi connectivity index (χ3v) is 12.4. The minimum Gasteiger partial charge on any atom is -0.507 e. The fraction of sp³-hybridized carbons (Fsp3) is 0.316. The second-order valence-electron chi connectivity index (χ2n) is 20.9. The molecule has 5 aromatic carbocycles. The summed E-state index contributed by atoms with van der Waals surface area (Å²) in [6.07, 6.45) is 5.81. The van der Waals surface area contributed by atoms with Gasteiger partial charge in [0, 0.05) is 40.8 Å². The molecule has 0 bridgehead atoms. The predicted molar refractivity (Wildman–Crippen MR) is 262 cm³/mol. The summed E-state index contributed by atoms with van der Waals surface area (Å²) in [6, 6.07) is 37.4. The van der Waals surface area contributed by atoms with E-state index in [1.807, 2.05) is 30.7 Å². The number of hydrogen-bond donors (Lipinski definition) is 1. The summed E-state index contributed by atoms with van der Waals surface area (Å²) in [7, 11) is 0. The number of nitrogens with zero attached hydrogens (tertiary/aromatic N) is 4. The average molecular weight is 819 g/mol. The third kappa shape index (κ3) is 8.06. The van der Waals surface area contributed by atoms with Gasteiger partial charge in [0.15, 0.2) is 0 Å². The Hall–Kier alpha value is -6.07. The van der Waals surface area contributed by atoms with Crippen LogP contribution >= 0.6 is 0 Å². The van der Waals surface area contributed by atoms with Crippen LogP contribution in [0.1, 0.15) is 130 Å². The van der Waals surface area contributed by atoms with Gasteiger partial charge in [-0.1, -0.05) is 145 Å². The standard InChI is InChI=1S/C57H62N4O/c1-34(2)38-26-39(35(3)4)28-40(27-38)41-29-45(36-15-14-16-37(25-36)47-32-58-33-48-49(57(11,12)13)23-24-59-52(47)48)53-50(30-41)61(44-20-17-42(18-21-44)55(5,6)7)54(60-53)46-31-43(56(8,9)10)19-22-51(46)62/h14-35,62H,1-13H3. The van der Waals surface area contributed by atoms with Crippen molar-refractivity contribution in [3.05, 3.63) is 150 Å². The lowest BCUT2D eigenvalue weighted by molar-refractivity contribution is 0.475. The number of imidazole rings is 1. The van der Waals surface area contributed by atoms with Gasteiger partial charge in [0.25, 0.3) is 0 Å². The lowest BCUT2D eigenvalue weighted by Crippen LogP contribution is -2.12. The van der Waals surface area contributed by atoms with E-state index < -0.39 is 0 Å². The maximum atomic E-state index is 11.7. The van der Waals surface area contributed by atoms with Gasteiger partial charge in [-0.05, 0) is 127 Å². The first-order chi connectivity index (χ1) is 29.2. The van der Waals surface area contributed by atoms with Crippen LogP contribution in [0, 0.1) is 0 Å². The summed E-state index contributed by atoms with van der Waals surface area (Å²) in [5.41, 5.74) is 16.8. The van der Waals surface area contributed by atoms with Gasteiger partial charge in [-0.15, -0.1) is 0 Å². The van der Waals surface area contributed by atoms with Crippen molar-refractivity contribution >= 4 is 21.9 Å². The van der Waals surface area contributed by atoms with E-state index in [0.717, 1.165) is 61.0 Å². The van der Waals surface area contributed by atoms with Crippen molar-refractivity contribution in [3.8, 4) is 56.2 Å². The van der Waals surface area contributed by atoms with Gasteiger partial charge < -0.3 is 5.11 Å². The van der Waals surface area contributed by atoms with Gasteiger partial charge in [-0.3, -0.25) is 14.5 Å². The van der Waals surface area contributed by atoms with Crippen molar-refractivity contribution < 1.29 is 5.11 Å². The Morgan fingerprint density at radius 3 is 1.76 bits per heavy atom. The average Bonchev–Trinajstić information content (AvgIpc) is 3.61. The predicted octanol–water partition coefficient (Wildman–Crippen LogP) is 15.5. The molecule has 5 heteroatoms. The molecule has 0 amide bonds. The van der Waals surface area contributed by atoms with E-state index in [-0.39, 0.29) is 22.0 Å². The molecule has 1 N–H and O–H groups in total. The molecule has 316 valence electrons. The van der Waals surface area contributed by atoms with E-state index in [4.69, 9.17) is 15.0 Å². The molecule has 0 atom stereocenters. The maximum Gasteiger partial charge on any atom is 0.149 e. The molecule has 62 heavy (non-hydrogen) atoms. The second-order valence-corrected chi connectivity index (χ2v) is 20.9. The number of phenolic OH excluding ortho intramolecular Hbond substituents is 1. The summed E-state index contributed by atoms with van der Waals surface area (Å²) in [5, 5.41) is 12.8. The number of rotatable bonds is 7. The Morgan fingerprint density at radius 1 is 0.532 bits per heavy atom. The first-order valence-electron chi connectivity index (χ1n) is 22.2. The van der Waals surface area contributed by atoms with Gasteiger partial charge in [0.1, 0.15) is 11.6 Å². The molecule has 3 aromatic heterocycles. The molecule has 0 aliphatic heterocycles. The van der Waals surface area contributed by atoms with Gasteiger partial charge in [-0.25, -0.2) is 4.98 Å². The molecule has 5 nitrogen and oxygen atoms in total. The minimum atomic E-state index is -0.138. The third-order valence-electron chi connectivity index (χ3n) is 12.4.